The third-order valence-corrected chi connectivity index (χ3v) is 3.53. The van der Waals surface area contributed by atoms with E-state index in [9.17, 15) is 4.79 Å². The van der Waals surface area contributed by atoms with Crippen LogP contribution < -0.4 is 16.0 Å². The highest BCUT2D eigenvalue weighted by Crippen LogP contribution is 2.28. The number of nitrogens with one attached hydrogen (secondary N) is 1. The van der Waals surface area contributed by atoms with Gasteiger partial charge in [0.05, 0.1) is 11.2 Å². The minimum atomic E-state index is -0.475. The molecule has 24 heavy (non-hydrogen) atoms. The van der Waals surface area contributed by atoms with Gasteiger partial charge in [-0.2, -0.15) is 0 Å². The number of hydrogen-bond acceptors (Lipinski definition) is 5. The summed E-state index contributed by atoms with van der Waals surface area (Å²) in [7, 11) is 2.02. The van der Waals surface area contributed by atoms with E-state index in [4.69, 9.17) is 10.5 Å². The standard InChI is InChI=1S/C18H26N4O2/c1-18(2,3)24-17(23)21-11-6-12-22(4)15-9-8-14(19)16-13(15)7-5-10-20-16/h5,7-10H,6,11-12,19H2,1-4H3,(H,21,23). The topological polar surface area (TPSA) is 80.5 Å². The average Bonchev–Trinajstić information content (AvgIpc) is 2.50. The number of alkyl carbamates (subject to hydrolysis) is 1. The molecular formula is C18H26N4O2. The predicted molar refractivity (Wildman–Crippen MR) is 98.3 cm³/mol. The smallest absolute Gasteiger partial charge is 0.407 e. The molecule has 0 aliphatic heterocycles. The van der Waals surface area contributed by atoms with Gasteiger partial charge in [0.15, 0.2) is 0 Å². The summed E-state index contributed by atoms with van der Waals surface area (Å²) in [6.45, 7) is 6.90. The molecule has 3 N–H and O–H groups in total. The molecule has 1 amide bonds. The first kappa shape index (κ1) is 17.8. The summed E-state index contributed by atoms with van der Waals surface area (Å²) in [5.41, 5.74) is 8.08. The summed E-state index contributed by atoms with van der Waals surface area (Å²) in [6, 6.07) is 7.80. The lowest BCUT2D eigenvalue weighted by Gasteiger charge is -2.22. The number of benzene rings is 1. The third kappa shape index (κ3) is 4.75. The molecule has 0 spiro atoms. The maximum atomic E-state index is 11.6. The van der Waals surface area contributed by atoms with Crippen molar-refractivity contribution in [3.05, 3.63) is 30.5 Å². The second kappa shape index (κ2) is 7.38. The number of nitrogen functional groups attached to an aromatic ring is 1. The molecule has 1 heterocycles. The first-order valence-corrected chi connectivity index (χ1v) is 8.09. The maximum absolute atomic E-state index is 11.6. The zero-order valence-electron chi connectivity index (χ0n) is 14.8. The fraction of sp³-hybridized carbons (Fsp3) is 0.444. The first-order chi connectivity index (χ1) is 11.3. The number of ether oxygens (including phenoxy) is 1. The Balaban J connectivity index is 1.91. The molecule has 0 bridgehead atoms. The normalized spacial score (nSPS) is 11.3. The van der Waals surface area contributed by atoms with E-state index >= 15 is 0 Å². The molecule has 2 aromatic rings. The van der Waals surface area contributed by atoms with E-state index in [0.717, 1.165) is 29.6 Å². The van der Waals surface area contributed by atoms with Gasteiger partial charge in [0.25, 0.3) is 0 Å². The number of fused-ring (bicyclic) bond motifs is 1. The molecule has 2 rings (SSSR count). The fourth-order valence-corrected chi connectivity index (χ4v) is 2.45. The molecule has 0 saturated heterocycles. The number of carbonyl (C=O) groups is 1. The highest BCUT2D eigenvalue weighted by atomic mass is 16.6. The van der Waals surface area contributed by atoms with Crippen molar-refractivity contribution in [1.82, 2.24) is 10.3 Å². The van der Waals surface area contributed by atoms with Crippen molar-refractivity contribution in [3.63, 3.8) is 0 Å². The van der Waals surface area contributed by atoms with Crippen molar-refractivity contribution in [3.8, 4) is 0 Å². The van der Waals surface area contributed by atoms with E-state index in [1.807, 2.05) is 52.1 Å². The van der Waals surface area contributed by atoms with Crippen LogP contribution in [0.2, 0.25) is 0 Å². The van der Waals surface area contributed by atoms with E-state index in [1.54, 1.807) is 6.20 Å². The Kier molecular flexibility index (Phi) is 5.49. The zero-order chi connectivity index (χ0) is 17.7. The lowest BCUT2D eigenvalue weighted by Crippen LogP contribution is -2.34. The number of nitrogens with two attached hydrogens (primary N) is 1. The third-order valence-electron chi connectivity index (χ3n) is 3.53. The molecule has 0 aliphatic rings. The Labute approximate surface area is 143 Å². The quantitative estimate of drug-likeness (QED) is 0.650. The van der Waals surface area contributed by atoms with Gasteiger partial charge in [0, 0.05) is 37.4 Å². The van der Waals surface area contributed by atoms with Crippen LogP contribution in [0.1, 0.15) is 27.2 Å². The molecule has 6 nitrogen and oxygen atoms in total. The molecule has 0 atom stereocenters. The highest BCUT2D eigenvalue weighted by Gasteiger charge is 2.15. The number of hydrogen-bond donors (Lipinski definition) is 2. The van der Waals surface area contributed by atoms with Gasteiger partial charge in [-0.25, -0.2) is 4.79 Å². The van der Waals surface area contributed by atoms with Crippen LogP contribution in [0.3, 0.4) is 0 Å². The Hall–Kier alpha value is -2.50. The number of amides is 1. The number of nitrogens with zero attached hydrogens (tertiary/aromatic N) is 2. The maximum Gasteiger partial charge on any atom is 0.407 e. The Morgan fingerprint density at radius 3 is 2.79 bits per heavy atom. The van der Waals surface area contributed by atoms with Crippen molar-refractivity contribution in [2.45, 2.75) is 32.8 Å². The zero-order valence-corrected chi connectivity index (χ0v) is 14.8. The summed E-state index contributed by atoms with van der Waals surface area (Å²) >= 11 is 0. The second-order valence-electron chi connectivity index (χ2n) is 6.78. The molecule has 0 unspecified atom stereocenters. The van der Waals surface area contributed by atoms with Crippen molar-refractivity contribution in [2.75, 3.05) is 30.8 Å². The van der Waals surface area contributed by atoms with Gasteiger partial charge in [0.1, 0.15) is 5.60 Å². The van der Waals surface area contributed by atoms with Crippen molar-refractivity contribution < 1.29 is 9.53 Å². The van der Waals surface area contributed by atoms with E-state index < -0.39 is 5.60 Å². The van der Waals surface area contributed by atoms with Crippen molar-refractivity contribution in [2.24, 2.45) is 0 Å². The number of pyridine rings is 1. The van der Waals surface area contributed by atoms with Gasteiger partial charge in [0.2, 0.25) is 0 Å². The van der Waals surface area contributed by atoms with Gasteiger partial charge >= 0.3 is 6.09 Å². The minimum Gasteiger partial charge on any atom is -0.444 e. The van der Waals surface area contributed by atoms with Crippen LogP contribution in [0.15, 0.2) is 30.5 Å². The molecule has 6 heteroatoms. The number of rotatable bonds is 5. The van der Waals surface area contributed by atoms with E-state index in [-0.39, 0.29) is 6.09 Å². The summed E-state index contributed by atoms with van der Waals surface area (Å²) < 4.78 is 5.21. The largest absolute Gasteiger partial charge is 0.444 e. The van der Waals surface area contributed by atoms with Crippen LogP contribution in [-0.2, 0) is 4.74 Å². The minimum absolute atomic E-state index is 0.382. The monoisotopic (exact) mass is 330 g/mol. The van der Waals surface area contributed by atoms with Gasteiger partial charge in [-0.15, -0.1) is 0 Å². The highest BCUT2D eigenvalue weighted by molar-refractivity contribution is 5.98. The summed E-state index contributed by atoms with van der Waals surface area (Å²) in [6.07, 6.45) is 2.17. The Morgan fingerprint density at radius 2 is 2.08 bits per heavy atom. The van der Waals surface area contributed by atoms with Crippen molar-refractivity contribution >= 4 is 28.4 Å². The molecule has 1 aromatic carbocycles. The van der Waals surface area contributed by atoms with E-state index in [1.165, 1.54) is 0 Å². The number of aromatic nitrogens is 1. The summed E-state index contributed by atoms with van der Waals surface area (Å²) in [5.74, 6) is 0. The van der Waals surface area contributed by atoms with Crippen molar-refractivity contribution in [1.29, 1.82) is 0 Å². The Bertz CT molecular complexity index is 710. The first-order valence-electron chi connectivity index (χ1n) is 8.09. The molecule has 0 fully saturated rings. The SMILES string of the molecule is CN(CCCNC(=O)OC(C)(C)C)c1ccc(N)c2ncccc12. The summed E-state index contributed by atoms with van der Waals surface area (Å²) in [4.78, 5) is 18.1. The van der Waals surface area contributed by atoms with Gasteiger partial charge < -0.3 is 20.7 Å². The molecular weight excluding hydrogens is 304 g/mol. The van der Waals surface area contributed by atoms with Crippen LogP contribution in [0.4, 0.5) is 16.2 Å². The second-order valence-corrected chi connectivity index (χ2v) is 6.78. The van der Waals surface area contributed by atoms with Gasteiger partial charge in [-0.1, -0.05) is 0 Å². The van der Waals surface area contributed by atoms with Crippen LogP contribution in [0, 0.1) is 0 Å². The molecule has 0 aliphatic carbocycles. The van der Waals surface area contributed by atoms with E-state index in [2.05, 4.69) is 15.2 Å². The predicted octanol–water partition coefficient (Wildman–Crippen LogP) is 3.17. The lowest BCUT2D eigenvalue weighted by atomic mass is 10.1. The van der Waals surface area contributed by atoms with Crippen LogP contribution in [0.25, 0.3) is 10.9 Å². The molecule has 0 radical (unpaired) electrons. The average molecular weight is 330 g/mol. The lowest BCUT2D eigenvalue weighted by molar-refractivity contribution is 0.0527. The van der Waals surface area contributed by atoms with Crippen LogP contribution in [0.5, 0.6) is 0 Å². The fourth-order valence-electron chi connectivity index (χ4n) is 2.45. The molecule has 1 aromatic heterocycles. The van der Waals surface area contributed by atoms with Crippen LogP contribution in [-0.4, -0.2) is 36.8 Å². The number of carbonyl (C=O) groups excluding carboxylic acids is 1. The van der Waals surface area contributed by atoms with Gasteiger partial charge in [-0.3, -0.25) is 4.98 Å². The van der Waals surface area contributed by atoms with Crippen LogP contribution >= 0.6 is 0 Å². The molecule has 0 saturated carbocycles. The van der Waals surface area contributed by atoms with Gasteiger partial charge in [-0.05, 0) is 51.5 Å². The van der Waals surface area contributed by atoms with E-state index in [0.29, 0.717) is 12.2 Å². The summed E-state index contributed by atoms with van der Waals surface area (Å²) in [5, 5.41) is 3.80. The molecule has 130 valence electrons. The number of anilines is 2. The Morgan fingerprint density at radius 1 is 1.33 bits per heavy atom.